The van der Waals surface area contributed by atoms with Crippen LogP contribution >= 0.6 is 0 Å². The molecule has 1 saturated heterocycles. The summed E-state index contributed by atoms with van der Waals surface area (Å²) in [5.41, 5.74) is 12.8. The molecule has 0 N–H and O–H groups in total. The largest absolute Gasteiger partial charge is 0.330 e. The van der Waals surface area contributed by atoms with Crippen molar-refractivity contribution in [2.24, 2.45) is 14.1 Å². The predicted molar refractivity (Wildman–Crippen MR) is 145 cm³/mol. The van der Waals surface area contributed by atoms with E-state index in [-0.39, 0.29) is 0 Å². The maximum absolute atomic E-state index is 5.08. The number of rotatable bonds is 4. The fourth-order valence-corrected chi connectivity index (χ4v) is 5.60. The third-order valence-corrected chi connectivity index (χ3v) is 8.60. The lowest BCUT2D eigenvalue weighted by molar-refractivity contribution is 0.238. The Bertz CT molecular complexity index is 1320. The summed E-state index contributed by atoms with van der Waals surface area (Å²) in [4.78, 5) is 15.3. The van der Waals surface area contributed by atoms with Crippen molar-refractivity contribution in [3.63, 3.8) is 0 Å². The molecule has 1 fully saturated rings. The molecule has 0 bridgehead atoms. The van der Waals surface area contributed by atoms with E-state index in [2.05, 4.69) is 86.7 Å². The Kier molecular flexibility index (Phi) is 6.22. The fraction of sp³-hybridized carbons (Fsp3) is 0.517. The van der Waals surface area contributed by atoms with Crippen molar-refractivity contribution in [3.05, 3.63) is 57.2 Å². The third kappa shape index (κ3) is 4.17. The minimum atomic E-state index is 0.903. The van der Waals surface area contributed by atoms with Crippen LogP contribution in [0.4, 0.5) is 0 Å². The number of hydrogen-bond acceptors (Lipinski definition) is 4. The van der Waals surface area contributed by atoms with E-state index in [1.54, 1.807) is 0 Å². The van der Waals surface area contributed by atoms with E-state index in [9.17, 15) is 0 Å². The molecule has 1 aliphatic rings. The van der Waals surface area contributed by atoms with Gasteiger partial charge in [-0.1, -0.05) is 0 Å². The summed E-state index contributed by atoms with van der Waals surface area (Å²) < 4.78 is 4.59. The van der Waals surface area contributed by atoms with E-state index in [0.717, 1.165) is 62.0 Å². The highest BCUT2D eigenvalue weighted by atomic mass is 15.2. The van der Waals surface area contributed by atoms with Crippen LogP contribution in [-0.2, 0) is 27.2 Å². The van der Waals surface area contributed by atoms with Crippen molar-refractivity contribution in [2.75, 3.05) is 26.2 Å². The summed E-state index contributed by atoms with van der Waals surface area (Å²) in [7, 11) is 4.33. The molecule has 6 heteroatoms. The van der Waals surface area contributed by atoms with E-state index in [1.807, 2.05) is 0 Å². The van der Waals surface area contributed by atoms with Gasteiger partial charge in [0.05, 0.1) is 35.2 Å². The first-order chi connectivity index (χ1) is 16.7. The zero-order valence-electron chi connectivity index (χ0n) is 22.8. The molecule has 0 radical (unpaired) electrons. The Hall–Kier alpha value is -2.70. The van der Waals surface area contributed by atoms with E-state index in [0.29, 0.717) is 0 Å². The van der Waals surface area contributed by atoms with Crippen LogP contribution in [0.2, 0.25) is 0 Å². The van der Waals surface area contributed by atoms with Gasteiger partial charge in [-0.3, -0.25) is 9.80 Å². The first kappa shape index (κ1) is 24.0. The molecule has 0 unspecified atom stereocenters. The third-order valence-electron chi connectivity index (χ3n) is 8.60. The first-order valence-electron chi connectivity index (χ1n) is 12.9. The molecule has 5 rings (SSSR count). The van der Waals surface area contributed by atoms with Gasteiger partial charge in [-0.25, -0.2) is 9.97 Å². The number of aryl methyl sites for hydroxylation is 6. The van der Waals surface area contributed by atoms with Crippen LogP contribution in [0, 0.1) is 41.5 Å². The zero-order valence-corrected chi connectivity index (χ0v) is 22.8. The van der Waals surface area contributed by atoms with E-state index >= 15 is 0 Å². The van der Waals surface area contributed by atoms with E-state index < -0.39 is 0 Å². The molecule has 3 heterocycles. The fourth-order valence-electron chi connectivity index (χ4n) is 5.60. The smallest absolute Gasteiger partial charge is 0.123 e. The summed E-state index contributed by atoms with van der Waals surface area (Å²) in [6.07, 6.45) is 1.17. The van der Waals surface area contributed by atoms with Crippen molar-refractivity contribution >= 4 is 22.1 Å². The summed E-state index contributed by atoms with van der Waals surface area (Å²) in [6.45, 7) is 19.4. The van der Waals surface area contributed by atoms with Gasteiger partial charge in [0.15, 0.2) is 0 Å². The molecule has 6 nitrogen and oxygen atoms in total. The van der Waals surface area contributed by atoms with Crippen LogP contribution in [0.1, 0.15) is 51.5 Å². The Balaban J connectivity index is 1.31. The number of benzene rings is 2. The average molecular weight is 473 g/mol. The van der Waals surface area contributed by atoms with Gasteiger partial charge >= 0.3 is 0 Å². The van der Waals surface area contributed by atoms with Crippen LogP contribution in [0.3, 0.4) is 0 Å². The lowest BCUT2D eigenvalue weighted by atomic mass is 10.0. The van der Waals surface area contributed by atoms with E-state index in [1.165, 1.54) is 50.8 Å². The van der Waals surface area contributed by atoms with Gasteiger partial charge < -0.3 is 9.13 Å². The summed E-state index contributed by atoms with van der Waals surface area (Å²) in [5, 5.41) is 0. The summed E-state index contributed by atoms with van der Waals surface area (Å²) >= 11 is 0. The van der Waals surface area contributed by atoms with Crippen molar-refractivity contribution in [2.45, 2.75) is 61.1 Å². The van der Waals surface area contributed by atoms with Crippen LogP contribution < -0.4 is 0 Å². The van der Waals surface area contributed by atoms with Crippen LogP contribution in [-0.4, -0.2) is 55.1 Å². The van der Waals surface area contributed by atoms with Crippen molar-refractivity contribution in [3.8, 4) is 0 Å². The van der Waals surface area contributed by atoms with Gasteiger partial charge in [0.2, 0.25) is 0 Å². The highest BCUT2D eigenvalue weighted by Gasteiger charge is 2.21. The molecular weight excluding hydrogens is 432 g/mol. The van der Waals surface area contributed by atoms with Gasteiger partial charge in [-0.05, 0) is 107 Å². The van der Waals surface area contributed by atoms with Gasteiger partial charge in [0.25, 0.3) is 0 Å². The molecule has 2 aromatic carbocycles. The Morgan fingerprint density at radius 2 is 1.00 bits per heavy atom. The van der Waals surface area contributed by atoms with Crippen LogP contribution in [0.15, 0.2) is 12.1 Å². The molecule has 4 aromatic rings. The number of aromatic nitrogens is 4. The summed E-state index contributed by atoms with van der Waals surface area (Å²) in [6, 6.07) is 4.58. The highest BCUT2D eigenvalue weighted by Crippen LogP contribution is 2.27. The topological polar surface area (TPSA) is 42.1 Å². The standard InChI is InChI=1S/C29H40N6/c1-18-14-24-28(22(5)20(18)3)30-26(32(24)7)16-34-10-9-11-35(13-12-34)17-27-31-29-23(6)21(4)19(2)15-25(29)33(27)8/h14-15H,9-13,16-17H2,1-8H3. The molecule has 1 aliphatic heterocycles. The lowest BCUT2D eigenvalue weighted by Crippen LogP contribution is -2.31. The molecular formula is C29H40N6. The van der Waals surface area contributed by atoms with Gasteiger partial charge in [-0.15, -0.1) is 0 Å². The molecule has 2 aromatic heterocycles. The Labute approximate surface area is 209 Å². The number of nitrogens with zero attached hydrogens (tertiary/aromatic N) is 6. The van der Waals surface area contributed by atoms with Crippen LogP contribution in [0.25, 0.3) is 22.1 Å². The number of hydrogen-bond donors (Lipinski definition) is 0. The van der Waals surface area contributed by atoms with Gasteiger partial charge in [-0.2, -0.15) is 0 Å². The van der Waals surface area contributed by atoms with Crippen molar-refractivity contribution in [1.29, 1.82) is 0 Å². The normalized spacial score (nSPS) is 16.0. The maximum Gasteiger partial charge on any atom is 0.123 e. The second kappa shape index (κ2) is 9.07. The Morgan fingerprint density at radius 3 is 1.40 bits per heavy atom. The molecule has 0 aliphatic carbocycles. The lowest BCUT2D eigenvalue weighted by Gasteiger charge is -2.21. The first-order valence-corrected chi connectivity index (χ1v) is 12.9. The van der Waals surface area contributed by atoms with Gasteiger partial charge in [0.1, 0.15) is 11.6 Å². The predicted octanol–water partition coefficient (Wildman–Crippen LogP) is 5.02. The number of fused-ring (bicyclic) bond motifs is 2. The number of imidazole rings is 2. The molecule has 186 valence electrons. The molecule has 0 spiro atoms. The quantitative estimate of drug-likeness (QED) is 0.418. The second-order valence-corrected chi connectivity index (χ2v) is 10.7. The minimum absolute atomic E-state index is 0.903. The molecule has 0 saturated carbocycles. The molecule has 0 amide bonds. The molecule has 35 heavy (non-hydrogen) atoms. The average Bonchev–Trinajstić information content (AvgIpc) is 3.19. The highest BCUT2D eigenvalue weighted by molar-refractivity contribution is 5.82. The Morgan fingerprint density at radius 1 is 0.600 bits per heavy atom. The molecule has 0 atom stereocenters. The van der Waals surface area contributed by atoms with Gasteiger partial charge in [0, 0.05) is 27.2 Å². The van der Waals surface area contributed by atoms with E-state index in [4.69, 9.17) is 9.97 Å². The van der Waals surface area contributed by atoms with Crippen molar-refractivity contribution < 1.29 is 0 Å². The van der Waals surface area contributed by atoms with Crippen LogP contribution in [0.5, 0.6) is 0 Å². The second-order valence-electron chi connectivity index (χ2n) is 10.7. The summed E-state index contributed by atoms with van der Waals surface area (Å²) in [5.74, 6) is 2.33. The maximum atomic E-state index is 5.08. The zero-order chi connectivity index (χ0) is 25.0. The SMILES string of the molecule is Cc1cc2c(nc(CN3CCCN(Cc4nc5c(C)c(C)c(C)cc5n4C)CC3)n2C)c(C)c1C. The van der Waals surface area contributed by atoms with Crippen molar-refractivity contribution in [1.82, 2.24) is 28.9 Å². The monoisotopic (exact) mass is 472 g/mol. The minimum Gasteiger partial charge on any atom is -0.330 e.